The monoisotopic (exact) mass is 520 g/mol. The summed E-state index contributed by atoms with van der Waals surface area (Å²) in [5, 5.41) is 4.56. The standard InChI is InChI=1S/C26H24N4O4S2/c1-15(2)23-29-24(34-30-23)20-10-8-18(9-11-20)16(3)33-26-28-22-13-12-21(27-25(22)35-26)19-6-4-17(5-7-19)14-36(31)32/h4-13,15-16,36H,14H2,1-3H3. The Morgan fingerprint density at radius 1 is 0.889 bits per heavy atom. The zero-order valence-corrected chi connectivity index (χ0v) is 21.6. The lowest BCUT2D eigenvalue weighted by molar-refractivity contribution is 0.226. The van der Waals surface area contributed by atoms with E-state index in [2.05, 4.69) is 15.1 Å². The van der Waals surface area contributed by atoms with E-state index in [1.807, 2.05) is 81.4 Å². The van der Waals surface area contributed by atoms with E-state index >= 15 is 0 Å². The van der Waals surface area contributed by atoms with Crippen molar-refractivity contribution in [2.24, 2.45) is 0 Å². The Hall–Kier alpha value is -3.63. The number of pyridine rings is 1. The van der Waals surface area contributed by atoms with Gasteiger partial charge >= 0.3 is 0 Å². The predicted molar refractivity (Wildman–Crippen MR) is 140 cm³/mol. The largest absolute Gasteiger partial charge is 0.462 e. The van der Waals surface area contributed by atoms with Crippen molar-refractivity contribution in [2.75, 3.05) is 0 Å². The summed E-state index contributed by atoms with van der Waals surface area (Å²) in [6.45, 7) is 6.02. The number of thiol groups is 1. The minimum absolute atomic E-state index is 0.0363. The SMILES string of the molecule is CC(C)c1noc(-c2ccc(C(C)Oc3nc4ccc(-c5ccc(C[SH](=O)=O)cc5)nc4s3)cc2)n1. The van der Waals surface area contributed by atoms with Gasteiger partial charge in [0.2, 0.25) is 0 Å². The van der Waals surface area contributed by atoms with Crippen LogP contribution < -0.4 is 4.74 Å². The molecule has 2 aromatic carbocycles. The maximum atomic E-state index is 10.9. The molecule has 0 saturated carbocycles. The van der Waals surface area contributed by atoms with Crippen molar-refractivity contribution in [1.82, 2.24) is 20.1 Å². The molecule has 0 saturated heterocycles. The molecular formula is C26H24N4O4S2. The highest BCUT2D eigenvalue weighted by atomic mass is 32.2. The minimum atomic E-state index is -2.45. The molecule has 8 nitrogen and oxygen atoms in total. The second-order valence-corrected chi connectivity index (χ2v) is 10.6. The van der Waals surface area contributed by atoms with Crippen LogP contribution in [0.4, 0.5) is 0 Å². The molecule has 0 amide bonds. The smallest absolute Gasteiger partial charge is 0.276 e. The fraction of sp³-hybridized carbons (Fsp3) is 0.231. The normalized spacial score (nSPS) is 12.5. The first-order valence-corrected chi connectivity index (χ1v) is 13.6. The lowest BCUT2D eigenvalue weighted by Gasteiger charge is -2.12. The van der Waals surface area contributed by atoms with Crippen molar-refractivity contribution in [3.05, 3.63) is 77.6 Å². The Balaban J connectivity index is 1.29. The first-order chi connectivity index (χ1) is 17.4. The van der Waals surface area contributed by atoms with Gasteiger partial charge in [0.1, 0.15) is 27.2 Å². The molecule has 5 aromatic rings. The van der Waals surface area contributed by atoms with E-state index in [1.54, 1.807) is 0 Å². The Morgan fingerprint density at radius 2 is 1.61 bits per heavy atom. The number of hydrogen-bond acceptors (Lipinski definition) is 9. The number of benzene rings is 2. The fourth-order valence-electron chi connectivity index (χ4n) is 3.64. The van der Waals surface area contributed by atoms with Gasteiger partial charge < -0.3 is 9.26 Å². The molecule has 0 aliphatic carbocycles. The summed E-state index contributed by atoms with van der Waals surface area (Å²) in [6, 6.07) is 19.0. The third-order valence-corrected chi connectivity index (χ3v) is 7.14. The molecule has 0 N–H and O–H groups in total. The third kappa shape index (κ3) is 5.29. The van der Waals surface area contributed by atoms with E-state index in [4.69, 9.17) is 14.2 Å². The second-order valence-electron chi connectivity index (χ2n) is 8.68. The fourth-order valence-corrected chi connectivity index (χ4v) is 5.01. The Labute approximate surface area is 214 Å². The van der Waals surface area contributed by atoms with Gasteiger partial charge in [-0.2, -0.15) is 4.98 Å². The van der Waals surface area contributed by atoms with Crippen LogP contribution in [0.5, 0.6) is 5.19 Å². The van der Waals surface area contributed by atoms with Crippen molar-refractivity contribution in [3.63, 3.8) is 0 Å². The van der Waals surface area contributed by atoms with E-state index in [0.717, 1.165) is 38.3 Å². The van der Waals surface area contributed by atoms with Crippen LogP contribution in [0.25, 0.3) is 33.1 Å². The molecule has 3 aromatic heterocycles. The summed E-state index contributed by atoms with van der Waals surface area (Å²) < 4.78 is 33.4. The maximum absolute atomic E-state index is 10.9. The van der Waals surface area contributed by atoms with Crippen molar-refractivity contribution < 1.29 is 17.7 Å². The van der Waals surface area contributed by atoms with Crippen LogP contribution in [0.3, 0.4) is 0 Å². The highest BCUT2D eigenvalue weighted by Crippen LogP contribution is 2.32. The van der Waals surface area contributed by atoms with Crippen LogP contribution in [-0.4, -0.2) is 28.5 Å². The Bertz CT molecular complexity index is 1560. The highest BCUT2D eigenvalue weighted by molar-refractivity contribution is 7.71. The number of ether oxygens (including phenoxy) is 1. The van der Waals surface area contributed by atoms with Crippen LogP contribution >= 0.6 is 11.3 Å². The molecule has 0 bridgehead atoms. The van der Waals surface area contributed by atoms with Crippen LogP contribution in [-0.2, 0) is 16.5 Å². The molecule has 3 heterocycles. The van der Waals surface area contributed by atoms with E-state index in [0.29, 0.717) is 16.9 Å². The highest BCUT2D eigenvalue weighted by Gasteiger charge is 2.15. The first kappa shape index (κ1) is 24.1. The summed E-state index contributed by atoms with van der Waals surface area (Å²) in [5.41, 5.74) is 5.07. The number of aromatic nitrogens is 4. The molecule has 0 fully saturated rings. The van der Waals surface area contributed by atoms with E-state index < -0.39 is 10.7 Å². The minimum Gasteiger partial charge on any atom is -0.462 e. The molecule has 184 valence electrons. The van der Waals surface area contributed by atoms with Gasteiger partial charge in [-0.05, 0) is 42.3 Å². The molecule has 1 atom stereocenters. The summed E-state index contributed by atoms with van der Waals surface area (Å²) in [4.78, 5) is 14.5. The van der Waals surface area contributed by atoms with Gasteiger partial charge in [0.05, 0.1) is 11.4 Å². The molecule has 0 radical (unpaired) electrons. The molecule has 36 heavy (non-hydrogen) atoms. The number of hydrogen-bond donors (Lipinski definition) is 1. The van der Waals surface area contributed by atoms with Crippen LogP contribution in [0.1, 0.15) is 49.7 Å². The summed E-state index contributed by atoms with van der Waals surface area (Å²) >= 11 is 1.39. The van der Waals surface area contributed by atoms with E-state index in [-0.39, 0.29) is 17.8 Å². The van der Waals surface area contributed by atoms with Crippen molar-refractivity contribution >= 4 is 32.4 Å². The summed E-state index contributed by atoms with van der Waals surface area (Å²) in [7, 11) is -2.45. The van der Waals surface area contributed by atoms with Crippen LogP contribution in [0.15, 0.2) is 65.2 Å². The lowest BCUT2D eigenvalue weighted by Crippen LogP contribution is -2.02. The summed E-state index contributed by atoms with van der Waals surface area (Å²) in [5.74, 6) is 1.43. The molecule has 0 aliphatic heterocycles. The number of rotatable bonds is 8. The average molecular weight is 521 g/mol. The molecule has 10 heteroatoms. The quantitative estimate of drug-likeness (QED) is 0.256. The van der Waals surface area contributed by atoms with Crippen molar-refractivity contribution in [2.45, 2.75) is 38.5 Å². The summed E-state index contributed by atoms with van der Waals surface area (Å²) in [6.07, 6.45) is -0.215. The third-order valence-electron chi connectivity index (χ3n) is 5.66. The predicted octanol–water partition coefficient (Wildman–Crippen LogP) is 5.78. The average Bonchev–Trinajstić information content (AvgIpc) is 3.51. The van der Waals surface area contributed by atoms with Gasteiger partial charge in [-0.3, -0.25) is 0 Å². The van der Waals surface area contributed by atoms with Gasteiger partial charge in [0.15, 0.2) is 5.82 Å². The van der Waals surface area contributed by atoms with E-state index in [9.17, 15) is 8.42 Å². The number of fused-ring (bicyclic) bond motifs is 1. The van der Waals surface area contributed by atoms with Gasteiger partial charge in [-0.1, -0.05) is 66.7 Å². The van der Waals surface area contributed by atoms with Gasteiger partial charge in [-0.15, -0.1) is 0 Å². The zero-order valence-electron chi connectivity index (χ0n) is 19.9. The molecule has 0 aliphatic rings. The first-order valence-electron chi connectivity index (χ1n) is 11.4. The Kier molecular flexibility index (Phi) is 6.80. The van der Waals surface area contributed by atoms with Gasteiger partial charge in [0.25, 0.3) is 11.1 Å². The van der Waals surface area contributed by atoms with Crippen LogP contribution in [0, 0.1) is 0 Å². The molecule has 1 unspecified atom stereocenters. The van der Waals surface area contributed by atoms with Gasteiger partial charge in [0, 0.05) is 17.0 Å². The Morgan fingerprint density at radius 3 is 2.28 bits per heavy atom. The lowest BCUT2D eigenvalue weighted by atomic mass is 10.1. The van der Waals surface area contributed by atoms with Gasteiger partial charge in [-0.25, -0.2) is 18.4 Å². The maximum Gasteiger partial charge on any atom is 0.276 e. The second kappa shape index (κ2) is 10.2. The molecule has 5 rings (SSSR count). The van der Waals surface area contributed by atoms with E-state index in [1.165, 1.54) is 11.3 Å². The molecular weight excluding hydrogens is 496 g/mol. The molecule has 0 spiro atoms. The zero-order chi connectivity index (χ0) is 25.2. The topological polar surface area (TPSA) is 108 Å². The number of thiazole rings is 1. The number of nitrogens with zero attached hydrogens (tertiary/aromatic N) is 4. The van der Waals surface area contributed by atoms with Crippen LogP contribution in [0.2, 0.25) is 0 Å². The van der Waals surface area contributed by atoms with Crippen molar-refractivity contribution in [3.8, 4) is 27.9 Å². The van der Waals surface area contributed by atoms with Crippen molar-refractivity contribution in [1.29, 1.82) is 0 Å².